The minimum absolute atomic E-state index is 0.171. The van der Waals surface area contributed by atoms with Gasteiger partial charge >= 0.3 is 0 Å². The van der Waals surface area contributed by atoms with Gasteiger partial charge in [-0.05, 0) is 54.4 Å². The number of anilines is 1. The Labute approximate surface area is 147 Å². The highest BCUT2D eigenvalue weighted by Gasteiger charge is 2.26. The average Bonchev–Trinajstić information content (AvgIpc) is 2.55. The maximum Gasteiger partial charge on any atom is 0.288 e. The van der Waals surface area contributed by atoms with Gasteiger partial charge in [0, 0.05) is 15.6 Å². The summed E-state index contributed by atoms with van der Waals surface area (Å²) < 4.78 is 30.2. The average molecular weight is 370 g/mol. The molecule has 7 heteroatoms. The molecule has 1 atom stereocenters. The minimum Gasteiger partial charge on any atom is -0.492 e. The van der Waals surface area contributed by atoms with Crippen molar-refractivity contribution in [2.75, 3.05) is 11.9 Å². The molecule has 1 heterocycles. The van der Waals surface area contributed by atoms with Gasteiger partial charge in [-0.2, -0.15) is 8.78 Å². The number of alkyl halides is 2. The van der Waals surface area contributed by atoms with E-state index in [4.69, 9.17) is 16.3 Å². The van der Waals surface area contributed by atoms with Crippen LogP contribution in [0, 0.1) is 5.92 Å². The number of fused-ring (bicyclic) bond motifs is 1. The fourth-order valence-electron chi connectivity index (χ4n) is 2.50. The summed E-state index contributed by atoms with van der Waals surface area (Å²) >= 11 is 6.44. The first-order chi connectivity index (χ1) is 11.5. The second-order valence-electron chi connectivity index (χ2n) is 5.36. The molecular formula is C17H14ClF2NO2S. The van der Waals surface area contributed by atoms with Crippen LogP contribution in [0.1, 0.15) is 5.56 Å². The van der Waals surface area contributed by atoms with E-state index in [0.717, 1.165) is 11.3 Å². The number of thioether (sulfide) groups is 1. The Morgan fingerprint density at radius 1 is 1.25 bits per heavy atom. The van der Waals surface area contributed by atoms with Crippen LogP contribution in [0.15, 0.2) is 47.4 Å². The third kappa shape index (κ3) is 4.19. The zero-order chi connectivity index (χ0) is 17.1. The molecule has 126 valence electrons. The molecule has 24 heavy (non-hydrogen) atoms. The van der Waals surface area contributed by atoms with Gasteiger partial charge in [-0.3, -0.25) is 4.79 Å². The highest BCUT2D eigenvalue weighted by molar-refractivity contribution is 7.99. The van der Waals surface area contributed by atoms with E-state index in [2.05, 4.69) is 5.32 Å². The number of nitrogens with one attached hydrogen (secondary N) is 1. The minimum atomic E-state index is -2.46. The monoisotopic (exact) mass is 369 g/mol. The van der Waals surface area contributed by atoms with Crippen LogP contribution in [0.4, 0.5) is 14.5 Å². The summed E-state index contributed by atoms with van der Waals surface area (Å²) in [5.74, 6) is -2.21. The summed E-state index contributed by atoms with van der Waals surface area (Å²) in [4.78, 5) is 12.8. The number of carbonyl (C=O) groups is 1. The van der Waals surface area contributed by atoms with Gasteiger partial charge in [-0.15, -0.1) is 0 Å². The number of halogens is 3. The van der Waals surface area contributed by atoms with Crippen LogP contribution in [0.2, 0.25) is 5.02 Å². The topological polar surface area (TPSA) is 38.3 Å². The summed E-state index contributed by atoms with van der Waals surface area (Å²) in [7, 11) is 0. The van der Waals surface area contributed by atoms with Gasteiger partial charge in [0.15, 0.2) is 0 Å². The van der Waals surface area contributed by atoms with Crippen LogP contribution in [0.3, 0.4) is 0 Å². The van der Waals surface area contributed by atoms with Crippen LogP contribution in [-0.4, -0.2) is 18.3 Å². The summed E-state index contributed by atoms with van der Waals surface area (Å²) in [6, 6.07) is 11.7. The Balaban J connectivity index is 1.63. The number of benzene rings is 2. The summed E-state index contributed by atoms with van der Waals surface area (Å²) in [6.07, 6.45) is 0.543. The highest BCUT2D eigenvalue weighted by atomic mass is 35.5. The number of ether oxygens (including phenoxy) is 1. The van der Waals surface area contributed by atoms with E-state index < -0.39 is 5.76 Å². The molecular weight excluding hydrogens is 356 g/mol. The first-order valence-electron chi connectivity index (χ1n) is 7.28. The molecule has 0 saturated heterocycles. The van der Waals surface area contributed by atoms with Crippen molar-refractivity contribution < 1.29 is 18.3 Å². The fourth-order valence-corrected chi connectivity index (χ4v) is 3.19. The van der Waals surface area contributed by atoms with E-state index in [1.54, 1.807) is 42.5 Å². The third-order valence-electron chi connectivity index (χ3n) is 3.65. The van der Waals surface area contributed by atoms with Gasteiger partial charge in [0.25, 0.3) is 5.76 Å². The molecule has 0 aromatic heterocycles. The van der Waals surface area contributed by atoms with Gasteiger partial charge in [-0.25, -0.2) is 0 Å². The number of hydrogen-bond acceptors (Lipinski definition) is 3. The van der Waals surface area contributed by atoms with Crippen LogP contribution in [0.5, 0.6) is 5.75 Å². The molecule has 3 rings (SSSR count). The number of carbonyl (C=O) groups excluding carboxylic acids is 1. The van der Waals surface area contributed by atoms with E-state index in [1.807, 2.05) is 0 Å². The third-order valence-corrected chi connectivity index (χ3v) is 4.60. The van der Waals surface area contributed by atoms with Crippen molar-refractivity contribution in [2.45, 2.75) is 17.1 Å². The molecule has 3 nitrogen and oxygen atoms in total. The lowest BCUT2D eigenvalue weighted by Crippen LogP contribution is -2.32. The van der Waals surface area contributed by atoms with E-state index in [-0.39, 0.29) is 11.8 Å². The van der Waals surface area contributed by atoms with Gasteiger partial charge in [0.2, 0.25) is 5.91 Å². The molecule has 0 fully saturated rings. The van der Waals surface area contributed by atoms with Crippen molar-refractivity contribution in [1.29, 1.82) is 0 Å². The maximum atomic E-state index is 12.4. The molecule has 2 aromatic carbocycles. The van der Waals surface area contributed by atoms with Crippen LogP contribution >= 0.6 is 23.4 Å². The molecule has 1 aliphatic rings. The maximum absolute atomic E-state index is 12.4. The number of amides is 1. The predicted molar refractivity (Wildman–Crippen MR) is 91.1 cm³/mol. The van der Waals surface area contributed by atoms with Crippen LogP contribution in [0.25, 0.3) is 0 Å². The van der Waals surface area contributed by atoms with Gasteiger partial charge < -0.3 is 10.1 Å². The van der Waals surface area contributed by atoms with Gasteiger partial charge in [0.1, 0.15) is 12.4 Å². The normalized spacial score (nSPS) is 16.4. The Bertz CT molecular complexity index is 740. The van der Waals surface area contributed by atoms with Gasteiger partial charge in [-0.1, -0.05) is 23.4 Å². The van der Waals surface area contributed by atoms with Crippen molar-refractivity contribution in [3.05, 3.63) is 53.1 Å². The molecule has 0 radical (unpaired) electrons. The smallest absolute Gasteiger partial charge is 0.288 e. The molecule has 0 aliphatic carbocycles. The highest BCUT2D eigenvalue weighted by Crippen LogP contribution is 2.30. The predicted octanol–water partition coefficient (Wildman–Crippen LogP) is 4.84. The Hall–Kier alpha value is -1.79. The van der Waals surface area contributed by atoms with Crippen LogP contribution < -0.4 is 10.1 Å². The standard InChI is InChI=1S/C17H14ClF2NO2S/c18-12-1-6-15-10(8-12)7-11(9-23-15)16(22)21-13-2-4-14(5-3-13)24-17(19)20/h1-6,8,11,17H,7,9H2,(H,21,22). The van der Waals surface area contributed by atoms with Crippen molar-refractivity contribution in [1.82, 2.24) is 0 Å². The fraction of sp³-hybridized carbons (Fsp3) is 0.235. The van der Waals surface area contributed by atoms with E-state index >= 15 is 0 Å². The van der Waals surface area contributed by atoms with E-state index in [9.17, 15) is 13.6 Å². The zero-order valence-electron chi connectivity index (χ0n) is 12.5. The zero-order valence-corrected chi connectivity index (χ0v) is 14.0. The van der Waals surface area contributed by atoms with Crippen molar-refractivity contribution in [3.8, 4) is 5.75 Å². The molecule has 1 N–H and O–H groups in total. The van der Waals surface area contributed by atoms with Gasteiger partial charge in [0.05, 0.1) is 5.92 Å². The second-order valence-corrected chi connectivity index (χ2v) is 6.86. The van der Waals surface area contributed by atoms with E-state index in [0.29, 0.717) is 40.4 Å². The van der Waals surface area contributed by atoms with Crippen molar-refractivity contribution >= 4 is 35.0 Å². The summed E-state index contributed by atoms with van der Waals surface area (Å²) in [5, 5.41) is 3.39. The first-order valence-corrected chi connectivity index (χ1v) is 8.54. The Morgan fingerprint density at radius 3 is 2.71 bits per heavy atom. The molecule has 0 spiro atoms. The SMILES string of the molecule is O=C(Nc1ccc(SC(F)F)cc1)C1COc2ccc(Cl)cc2C1. The van der Waals surface area contributed by atoms with Crippen molar-refractivity contribution in [3.63, 3.8) is 0 Å². The molecule has 1 amide bonds. The van der Waals surface area contributed by atoms with E-state index in [1.165, 1.54) is 0 Å². The molecule has 1 aliphatic heterocycles. The second kappa shape index (κ2) is 7.40. The first kappa shape index (κ1) is 17.0. The van der Waals surface area contributed by atoms with Crippen LogP contribution in [-0.2, 0) is 11.2 Å². The number of rotatable bonds is 4. The summed E-state index contributed by atoms with van der Waals surface area (Å²) in [5.41, 5.74) is 1.47. The van der Waals surface area contributed by atoms with Crippen molar-refractivity contribution in [2.24, 2.45) is 5.92 Å². The summed E-state index contributed by atoms with van der Waals surface area (Å²) in [6.45, 7) is 0.291. The lowest BCUT2D eigenvalue weighted by molar-refractivity contribution is -0.121. The lowest BCUT2D eigenvalue weighted by Gasteiger charge is -2.24. The lowest BCUT2D eigenvalue weighted by atomic mass is 9.96. The number of hydrogen-bond donors (Lipinski definition) is 1. The molecule has 1 unspecified atom stereocenters. The largest absolute Gasteiger partial charge is 0.492 e. The quantitative estimate of drug-likeness (QED) is 0.783. The molecule has 0 bridgehead atoms. The Kier molecular flexibility index (Phi) is 5.26. The molecule has 0 saturated carbocycles. The molecule has 2 aromatic rings. The Morgan fingerprint density at radius 2 is 2.00 bits per heavy atom.